The van der Waals surface area contributed by atoms with Gasteiger partial charge in [-0.2, -0.15) is 12.6 Å². The standard InChI is InChI=1S/C9H16FNO3S2/c1-16(13,14)6-8-4-7(10)5-11(8)9(12)2-3-15/h7-8,15H,2-6H2,1H3/t7-,8-/m0/s1. The summed E-state index contributed by atoms with van der Waals surface area (Å²) in [7, 11) is -3.19. The minimum atomic E-state index is -3.19. The summed E-state index contributed by atoms with van der Waals surface area (Å²) < 4.78 is 35.5. The molecule has 1 aliphatic rings. The van der Waals surface area contributed by atoms with Crippen molar-refractivity contribution in [1.29, 1.82) is 0 Å². The Hall–Kier alpha value is -0.300. The maximum atomic E-state index is 13.2. The molecular formula is C9H16FNO3S2. The fraction of sp³-hybridized carbons (Fsp3) is 0.889. The van der Waals surface area contributed by atoms with Crippen LogP contribution in [0.2, 0.25) is 0 Å². The van der Waals surface area contributed by atoms with Gasteiger partial charge in [0.05, 0.1) is 12.3 Å². The Morgan fingerprint density at radius 3 is 2.69 bits per heavy atom. The van der Waals surface area contributed by atoms with E-state index in [0.29, 0.717) is 5.75 Å². The summed E-state index contributed by atoms with van der Waals surface area (Å²) in [5.74, 6) is 0.00710. The quantitative estimate of drug-likeness (QED) is 0.746. The summed E-state index contributed by atoms with van der Waals surface area (Å²) in [6, 6.07) is -0.516. The van der Waals surface area contributed by atoms with Crippen molar-refractivity contribution >= 4 is 28.4 Å². The topological polar surface area (TPSA) is 54.5 Å². The molecule has 0 saturated carbocycles. The highest BCUT2D eigenvalue weighted by atomic mass is 32.2. The number of hydrogen-bond donors (Lipinski definition) is 1. The Bertz CT molecular complexity index is 358. The van der Waals surface area contributed by atoms with Gasteiger partial charge in [0.1, 0.15) is 16.0 Å². The number of amides is 1. The fourth-order valence-electron chi connectivity index (χ4n) is 1.91. The average molecular weight is 269 g/mol. The number of carbonyl (C=O) groups is 1. The third kappa shape index (κ3) is 3.93. The second-order valence-corrected chi connectivity index (χ2v) is 6.73. The van der Waals surface area contributed by atoms with Crippen molar-refractivity contribution in [2.24, 2.45) is 0 Å². The molecule has 1 rings (SSSR count). The lowest BCUT2D eigenvalue weighted by Crippen LogP contribution is -2.39. The van der Waals surface area contributed by atoms with Gasteiger partial charge in [0.25, 0.3) is 0 Å². The number of thiol groups is 1. The minimum absolute atomic E-state index is 0.00674. The maximum absolute atomic E-state index is 13.2. The number of rotatable bonds is 4. The molecule has 0 bridgehead atoms. The smallest absolute Gasteiger partial charge is 0.223 e. The van der Waals surface area contributed by atoms with E-state index in [-0.39, 0.29) is 31.0 Å². The highest BCUT2D eigenvalue weighted by Gasteiger charge is 2.36. The largest absolute Gasteiger partial charge is 0.336 e. The van der Waals surface area contributed by atoms with Crippen LogP contribution in [0.1, 0.15) is 12.8 Å². The number of sulfone groups is 1. The lowest BCUT2D eigenvalue weighted by atomic mass is 10.2. The molecule has 16 heavy (non-hydrogen) atoms. The first kappa shape index (κ1) is 13.8. The van der Waals surface area contributed by atoms with E-state index < -0.39 is 22.1 Å². The first-order chi connectivity index (χ1) is 7.33. The lowest BCUT2D eigenvalue weighted by molar-refractivity contribution is -0.131. The van der Waals surface area contributed by atoms with Gasteiger partial charge in [-0.1, -0.05) is 0 Å². The first-order valence-corrected chi connectivity index (χ1v) is 7.75. The van der Waals surface area contributed by atoms with Crippen molar-refractivity contribution in [3.05, 3.63) is 0 Å². The Balaban J connectivity index is 2.70. The minimum Gasteiger partial charge on any atom is -0.336 e. The second kappa shape index (κ2) is 5.35. The third-order valence-electron chi connectivity index (χ3n) is 2.50. The second-order valence-electron chi connectivity index (χ2n) is 4.10. The molecule has 2 atom stereocenters. The van der Waals surface area contributed by atoms with Crippen LogP contribution in [-0.4, -0.2) is 55.7 Å². The molecule has 0 aromatic heterocycles. The van der Waals surface area contributed by atoms with Crippen LogP contribution in [0.5, 0.6) is 0 Å². The Morgan fingerprint density at radius 2 is 2.19 bits per heavy atom. The van der Waals surface area contributed by atoms with E-state index in [1.807, 2.05) is 0 Å². The van der Waals surface area contributed by atoms with Crippen LogP contribution < -0.4 is 0 Å². The van der Waals surface area contributed by atoms with Gasteiger partial charge in [-0.25, -0.2) is 12.8 Å². The van der Waals surface area contributed by atoms with E-state index in [2.05, 4.69) is 12.6 Å². The van der Waals surface area contributed by atoms with E-state index in [1.165, 1.54) is 4.90 Å². The van der Waals surface area contributed by atoms with Gasteiger partial charge in [0.15, 0.2) is 0 Å². The van der Waals surface area contributed by atoms with E-state index in [0.717, 1.165) is 6.26 Å². The van der Waals surface area contributed by atoms with Crippen molar-refractivity contribution in [2.45, 2.75) is 25.1 Å². The molecule has 94 valence electrons. The van der Waals surface area contributed by atoms with Crippen LogP contribution >= 0.6 is 12.6 Å². The summed E-state index contributed by atoms with van der Waals surface area (Å²) in [6.07, 6.45) is 0.317. The molecule has 1 amide bonds. The first-order valence-electron chi connectivity index (χ1n) is 5.05. The average Bonchev–Trinajstić information content (AvgIpc) is 2.44. The molecule has 0 spiro atoms. The molecule has 1 saturated heterocycles. The molecule has 7 heteroatoms. The highest BCUT2D eigenvalue weighted by Crippen LogP contribution is 2.22. The predicted octanol–water partition coefficient (Wildman–Crippen LogP) is 0.290. The van der Waals surface area contributed by atoms with Crippen LogP contribution in [0.3, 0.4) is 0 Å². The zero-order valence-corrected chi connectivity index (χ0v) is 10.8. The van der Waals surface area contributed by atoms with Gasteiger partial charge in [-0.05, 0) is 5.75 Å². The maximum Gasteiger partial charge on any atom is 0.223 e. The molecule has 1 fully saturated rings. The summed E-state index contributed by atoms with van der Waals surface area (Å²) >= 11 is 3.93. The molecule has 0 radical (unpaired) electrons. The molecule has 0 unspecified atom stereocenters. The molecule has 0 N–H and O–H groups in total. The molecule has 0 aromatic carbocycles. The molecule has 0 aliphatic carbocycles. The number of nitrogens with zero attached hydrogens (tertiary/aromatic N) is 1. The SMILES string of the molecule is CS(=O)(=O)C[C@@H]1C[C@H](F)CN1C(=O)CCS. The lowest BCUT2D eigenvalue weighted by Gasteiger charge is -2.23. The number of hydrogen-bond acceptors (Lipinski definition) is 4. The van der Waals surface area contributed by atoms with Gasteiger partial charge >= 0.3 is 0 Å². The summed E-state index contributed by atoms with van der Waals surface area (Å²) in [4.78, 5) is 12.9. The summed E-state index contributed by atoms with van der Waals surface area (Å²) in [5, 5.41) is 0. The molecule has 1 aliphatic heterocycles. The van der Waals surface area contributed by atoms with Crippen LogP contribution in [-0.2, 0) is 14.6 Å². The summed E-state index contributed by atoms with van der Waals surface area (Å²) in [5.41, 5.74) is 0. The third-order valence-corrected chi connectivity index (χ3v) is 3.72. The van der Waals surface area contributed by atoms with E-state index in [4.69, 9.17) is 0 Å². The van der Waals surface area contributed by atoms with E-state index >= 15 is 0 Å². The Morgan fingerprint density at radius 1 is 1.56 bits per heavy atom. The van der Waals surface area contributed by atoms with Crippen LogP contribution in [0, 0.1) is 0 Å². The van der Waals surface area contributed by atoms with Crippen LogP contribution in [0.4, 0.5) is 4.39 Å². The molecule has 1 heterocycles. The van der Waals surface area contributed by atoms with Crippen molar-refractivity contribution < 1.29 is 17.6 Å². The van der Waals surface area contributed by atoms with Crippen LogP contribution in [0.25, 0.3) is 0 Å². The normalized spacial score (nSPS) is 26.1. The molecule has 4 nitrogen and oxygen atoms in total. The van der Waals surface area contributed by atoms with Crippen molar-refractivity contribution in [2.75, 3.05) is 24.3 Å². The number of alkyl halides is 1. The van der Waals surface area contributed by atoms with Crippen molar-refractivity contribution in [3.63, 3.8) is 0 Å². The predicted molar refractivity (Wildman–Crippen MR) is 63.2 cm³/mol. The Labute approximate surface area is 101 Å². The van der Waals surface area contributed by atoms with Crippen molar-refractivity contribution in [1.82, 2.24) is 4.90 Å². The number of carbonyl (C=O) groups excluding carboxylic acids is 1. The van der Waals surface area contributed by atoms with Crippen molar-refractivity contribution in [3.8, 4) is 0 Å². The molecule has 0 aromatic rings. The monoisotopic (exact) mass is 269 g/mol. The van der Waals surface area contributed by atoms with Gasteiger partial charge in [0, 0.05) is 25.1 Å². The number of likely N-dealkylation sites (tertiary alicyclic amines) is 1. The van der Waals surface area contributed by atoms with E-state index in [1.54, 1.807) is 0 Å². The Kier molecular flexibility index (Phi) is 4.61. The van der Waals surface area contributed by atoms with Crippen LogP contribution in [0.15, 0.2) is 0 Å². The zero-order chi connectivity index (χ0) is 12.3. The van der Waals surface area contributed by atoms with E-state index in [9.17, 15) is 17.6 Å². The number of halogens is 1. The van der Waals surface area contributed by atoms with Gasteiger partial charge in [-0.3, -0.25) is 4.79 Å². The fourth-order valence-corrected chi connectivity index (χ4v) is 3.12. The van der Waals surface area contributed by atoms with Gasteiger partial charge in [-0.15, -0.1) is 0 Å². The highest BCUT2D eigenvalue weighted by molar-refractivity contribution is 7.90. The molecular weight excluding hydrogens is 253 g/mol. The summed E-state index contributed by atoms with van der Waals surface area (Å²) in [6.45, 7) is 0.00674. The van der Waals surface area contributed by atoms with Gasteiger partial charge < -0.3 is 4.90 Å². The zero-order valence-electron chi connectivity index (χ0n) is 9.10. The van der Waals surface area contributed by atoms with Gasteiger partial charge in [0.2, 0.25) is 5.91 Å².